The molecule has 1 saturated carbocycles. The van der Waals surface area contributed by atoms with E-state index in [1.54, 1.807) is 61.1 Å². The maximum Gasteiger partial charge on any atom is 0.269 e. The molecule has 36 heavy (non-hydrogen) atoms. The van der Waals surface area contributed by atoms with E-state index in [1.807, 2.05) is 23.5 Å². The van der Waals surface area contributed by atoms with Gasteiger partial charge in [-0.15, -0.1) is 0 Å². The van der Waals surface area contributed by atoms with Gasteiger partial charge >= 0.3 is 0 Å². The van der Waals surface area contributed by atoms with Crippen LogP contribution in [0, 0.1) is 18.3 Å². The highest BCUT2D eigenvalue weighted by atomic mass is 32.2. The van der Waals surface area contributed by atoms with E-state index in [9.17, 15) is 8.42 Å². The van der Waals surface area contributed by atoms with Crippen molar-refractivity contribution in [2.24, 2.45) is 0 Å². The van der Waals surface area contributed by atoms with Crippen molar-refractivity contribution < 1.29 is 13.2 Å². The Balaban J connectivity index is 1.24. The fraction of sp³-hybridized carbons (Fsp3) is 0.222. The molecule has 1 aliphatic rings. The van der Waals surface area contributed by atoms with E-state index in [0.29, 0.717) is 23.3 Å². The van der Waals surface area contributed by atoms with Crippen LogP contribution in [0.1, 0.15) is 41.3 Å². The number of hydrogen-bond acceptors (Lipinski definition) is 6. The number of nitriles is 1. The molecule has 5 aromatic rings. The van der Waals surface area contributed by atoms with Crippen LogP contribution in [0.25, 0.3) is 16.7 Å². The topological polar surface area (TPSA) is 102 Å². The number of benzene rings is 2. The Bertz CT molecular complexity index is 1720. The lowest BCUT2D eigenvalue weighted by atomic mass is 9.81. The van der Waals surface area contributed by atoms with Gasteiger partial charge in [0.05, 0.1) is 52.7 Å². The predicted molar refractivity (Wildman–Crippen MR) is 134 cm³/mol. The van der Waals surface area contributed by atoms with E-state index >= 15 is 0 Å². The van der Waals surface area contributed by atoms with Gasteiger partial charge in [0, 0.05) is 12.1 Å². The lowest BCUT2D eigenvalue weighted by Crippen LogP contribution is -2.31. The van der Waals surface area contributed by atoms with Gasteiger partial charge in [0.15, 0.2) is 5.65 Å². The van der Waals surface area contributed by atoms with Crippen LogP contribution in [0.4, 0.5) is 0 Å². The second-order valence-electron chi connectivity index (χ2n) is 9.18. The van der Waals surface area contributed by atoms with Gasteiger partial charge in [-0.05, 0) is 55.7 Å². The summed E-state index contributed by atoms with van der Waals surface area (Å²) in [6.07, 6.45) is 6.79. The molecule has 0 unspecified atom stereocenters. The minimum atomic E-state index is -3.78. The molecule has 0 bridgehead atoms. The monoisotopic (exact) mass is 497 g/mol. The minimum Gasteiger partial charge on any atom is -0.373 e. The van der Waals surface area contributed by atoms with Crippen LogP contribution in [0.5, 0.6) is 0 Å². The number of imidazole rings is 1. The molecule has 1 fully saturated rings. The molecule has 0 aliphatic heterocycles. The third-order valence-electron chi connectivity index (χ3n) is 6.79. The Morgan fingerprint density at radius 2 is 1.75 bits per heavy atom. The molecule has 0 saturated heterocycles. The molecule has 180 valence electrons. The van der Waals surface area contributed by atoms with Crippen LogP contribution in [-0.2, 0) is 21.4 Å². The summed E-state index contributed by atoms with van der Waals surface area (Å²) in [4.78, 5) is 9.34. The zero-order chi connectivity index (χ0) is 24.9. The second kappa shape index (κ2) is 8.59. The minimum absolute atomic E-state index is 0.127. The molecule has 1 aliphatic carbocycles. The molecule has 6 rings (SSSR count). The van der Waals surface area contributed by atoms with Gasteiger partial charge in [-0.25, -0.2) is 22.4 Å². The molecule has 2 aromatic carbocycles. The largest absolute Gasteiger partial charge is 0.373 e. The van der Waals surface area contributed by atoms with E-state index in [4.69, 9.17) is 10.00 Å². The Labute approximate surface area is 208 Å². The van der Waals surface area contributed by atoms with Crippen molar-refractivity contribution in [2.45, 2.75) is 43.3 Å². The van der Waals surface area contributed by atoms with E-state index in [1.165, 1.54) is 3.97 Å². The predicted octanol–water partition coefficient (Wildman–Crippen LogP) is 4.56. The maximum absolute atomic E-state index is 13.3. The van der Waals surface area contributed by atoms with Crippen LogP contribution >= 0.6 is 0 Å². The normalized spacial score (nSPS) is 17.8. The van der Waals surface area contributed by atoms with Crippen LogP contribution in [-0.4, -0.2) is 32.9 Å². The Hall–Kier alpha value is -4.00. The van der Waals surface area contributed by atoms with Crippen molar-refractivity contribution in [1.29, 1.82) is 5.26 Å². The number of nitrogens with zero attached hydrogens (tertiary/aromatic N) is 5. The summed E-state index contributed by atoms with van der Waals surface area (Å²) >= 11 is 0. The van der Waals surface area contributed by atoms with Crippen LogP contribution < -0.4 is 0 Å². The van der Waals surface area contributed by atoms with Gasteiger partial charge in [0.2, 0.25) is 0 Å². The number of ether oxygens (including phenoxy) is 1. The molecule has 3 aromatic heterocycles. The molecule has 0 atom stereocenters. The summed E-state index contributed by atoms with van der Waals surface area (Å²) in [6, 6.07) is 18.1. The molecule has 0 spiro atoms. The average molecular weight is 498 g/mol. The van der Waals surface area contributed by atoms with Crippen LogP contribution in [0.3, 0.4) is 0 Å². The Morgan fingerprint density at radius 1 is 1.03 bits per heavy atom. The van der Waals surface area contributed by atoms with Crippen molar-refractivity contribution in [3.63, 3.8) is 0 Å². The molecule has 0 radical (unpaired) electrons. The molecule has 8 nitrogen and oxygen atoms in total. The summed E-state index contributed by atoms with van der Waals surface area (Å²) in [5, 5.41) is 8.93. The molecular formula is C27H23N5O3S. The SMILES string of the molecule is Cc1ccc(S(=O)(=O)n2ccc3c2ncc2cnc(C4CC(OCc5ccc(C#N)cc5)C4)n23)cc1. The Morgan fingerprint density at radius 3 is 2.47 bits per heavy atom. The number of hydrogen-bond donors (Lipinski definition) is 0. The first-order valence-corrected chi connectivity index (χ1v) is 13.1. The van der Waals surface area contributed by atoms with Crippen molar-refractivity contribution >= 4 is 26.7 Å². The van der Waals surface area contributed by atoms with E-state index < -0.39 is 10.0 Å². The van der Waals surface area contributed by atoms with E-state index in [0.717, 1.165) is 35.3 Å². The molecule has 0 N–H and O–H groups in total. The highest BCUT2D eigenvalue weighted by Crippen LogP contribution is 2.39. The van der Waals surface area contributed by atoms with Gasteiger partial charge in [-0.3, -0.25) is 4.40 Å². The van der Waals surface area contributed by atoms with Gasteiger partial charge in [0.1, 0.15) is 5.82 Å². The summed E-state index contributed by atoms with van der Waals surface area (Å²) < 4.78 is 35.9. The van der Waals surface area contributed by atoms with Crippen molar-refractivity contribution in [3.05, 3.63) is 95.7 Å². The third kappa shape index (κ3) is 3.75. The summed E-state index contributed by atoms with van der Waals surface area (Å²) in [5.41, 5.74) is 4.56. The lowest BCUT2D eigenvalue weighted by Gasteiger charge is -2.34. The summed E-state index contributed by atoms with van der Waals surface area (Å²) in [5.74, 6) is 1.10. The van der Waals surface area contributed by atoms with Gasteiger partial charge in [-0.1, -0.05) is 29.8 Å². The second-order valence-corrected chi connectivity index (χ2v) is 11.0. The van der Waals surface area contributed by atoms with Gasteiger partial charge < -0.3 is 4.74 Å². The van der Waals surface area contributed by atoms with Crippen LogP contribution in [0.2, 0.25) is 0 Å². The maximum atomic E-state index is 13.3. The third-order valence-corrected chi connectivity index (χ3v) is 8.47. The zero-order valence-electron chi connectivity index (χ0n) is 19.6. The number of rotatable bonds is 6. The molecular weight excluding hydrogens is 474 g/mol. The zero-order valence-corrected chi connectivity index (χ0v) is 20.4. The first-order valence-electron chi connectivity index (χ1n) is 11.7. The van der Waals surface area contributed by atoms with Gasteiger partial charge in [-0.2, -0.15) is 5.26 Å². The fourth-order valence-electron chi connectivity index (χ4n) is 4.66. The standard InChI is InChI=1S/C27H23N5O3S/c1-18-2-8-24(9-3-18)36(33,34)31-11-10-25-27(31)30-16-22-15-29-26(32(22)25)21-12-23(13-21)35-17-20-6-4-19(14-28)5-7-20/h2-11,15-16,21,23H,12-13,17H2,1H3. The first kappa shape index (κ1) is 22.5. The van der Waals surface area contributed by atoms with Crippen molar-refractivity contribution in [1.82, 2.24) is 18.3 Å². The average Bonchev–Trinajstić information content (AvgIpc) is 3.48. The quantitative estimate of drug-likeness (QED) is 0.341. The van der Waals surface area contributed by atoms with Crippen LogP contribution in [0.15, 0.2) is 78.1 Å². The number of fused-ring (bicyclic) bond motifs is 3. The highest BCUT2D eigenvalue weighted by Gasteiger charge is 2.34. The number of aryl methyl sites for hydroxylation is 1. The van der Waals surface area contributed by atoms with E-state index in [2.05, 4.69) is 16.0 Å². The fourth-order valence-corrected chi connectivity index (χ4v) is 5.96. The van der Waals surface area contributed by atoms with Crippen molar-refractivity contribution in [2.75, 3.05) is 0 Å². The highest BCUT2D eigenvalue weighted by molar-refractivity contribution is 7.90. The molecule has 0 amide bonds. The number of aromatic nitrogens is 4. The smallest absolute Gasteiger partial charge is 0.269 e. The lowest BCUT2D eigenvalue weighted by molar-refractivity contribution is -0.0223. The summed E-state index contributed by atoms with van der Waals surface area (Å²) in [6.45, 7) is 2.42. The Kier molecular flexibility index (Phi) is 5.36. The van der Waals surface area contributed by atoms with Gasteiger partial charge in [0.25, 0.3) is 10.0 Å². The first-order chi connectivity index (χ1) is 17.4. The van der Waals surface area contributed by atoms with E-state index in [-0.39, 0.29) is 16.9 Å². The molecule has 9 heteroatoms. The molecule has 3 heterocycles. The summed E-state index contributed by atoms with van der Waals surface area (Å²) in [7, 11) is -3.78. The van der Waals surface area contributed by atoms with Crippen molar-refractivity contribution in [3.8, 4) is 6.07 Å².